The number of carbonyl (C=O) groups is 1. The number of anilines is 1. The molecule has 2 aliphatic heterocycles. The molecule has 0 bridgehead atoms. The Hall–Kier alpha value is -2.22. The van der Waals surface area contributed by atoms with Crippen molar-refractivity contribution < 1.29 is 9.53 Å². The van der Waals surface area contributed by atoms with Crippen LogP contribution in [0, 0.1) is 0 Å². The van der Waals surface area contributed by atoms with Crippen LogP contribution in [0.5, 0.6) is 0 Å². The number of rotatable bonds is 3. The van der Waals surface area contributed by atoms with Crippen LogP contribution >= 0.6 is 0 Å². The molecule has 8 heteroatoms. The summed E-state index contributed by atoms with van der Waals surface area (Å²) < 4.78 is 7.34. The largest absolute Gasteiger partial charge is 0.368 e. The molecule has 2 aliphatic rings. The molecule has 0 spiro atoms. The number of ether oxygens (including phenoxy) is 1. The first-order chi connectivity index (χ1) is 12.3. The summed E-state index contributed by atoms with van der Waals surface area (Å²) in [4.78, 5) is 16.5. The van der Waals surface area contributed by atoms with Crippen LogP contribution in [0.25, 0.3) is 5.65 Å². The average molecular weight is 358 g/mol. The van der Waals surface area contributed by atoms with Gasteiger partial charge in [-0.1, -0.05) is 20.8 Å². The Morgan fingerprint density at radius 3 is 2.69 bits per heavy atom. The predicted molar refractivity (Wildman–Crippen MR) is 97.2 cm³/mol. The van der Waals surface area contributed by atoms with Gasteiger partial charge in [0.1, 0.15) is 11.9 Å². The fourth-order valence-electron chi connectivity index (χ4n) is 3.48. The van der Waals surface area contributed by atoms with Crippen molar-refractivity contribution in [3.05, 3.63) is 18.0 Å². The summed E-state index contributed by atoms with van der Waals surface area (Å²) in [5.74, 6) is 1.83. The van der Waals surface area contributed by atoms with Gasteiger partial charge in [0.15, 0.2) is 11.5 Å². The maximum Gasteiger partial charge on any atom is 0.251 e. The van der Waals surface area contributed by atoms with Gasteiger partial charge in [0, 0.05) is 32.2 Å². The normalized spacial score (nSPS) is 21.2. The lowest BCUT2D eigenvalue weighted by atomic mass is 9.96. The van der Waals surface area contributed by atoms with Crippen LogP contribution in [0.4, 0.5) is 5.82 Å². The maximum absolute atomic E-state index is 12.5. The van der Waals surface area contributed by atoms with E-state index in [2.05, 4.69) is 35.9 Å². The zero-order chi connectivity index (χ0) is 18.5. The molecular weight excluding hydrogens is 332 g/mol. The quantitative estimate of drug-likeness (QED) is 0.822. The molecule has 140 valence electrons. The van der Waals surface area contributed by atoms with Crippen molar-refractivity contribution in [1.82, 2.24) is 24.7 Å². The van der Waals surface area contributed by atoms with Crippen LogP contribution in [-0.4, -0.2) is 69.5 Å². The second kappa shape index (κ2) is 6.19. The fraction of sp³-hybridized carbons (Fsp3) is 0.667. The van der Waals surface area contributed by atoms with Crippen LogP contribution in [-0.2, 0) is 14.9 Å². The van der Waals surface area contributed by atoms with Crippen molar-refractivity contribution in [3.63, 3.8) is 0 Å². The molecule has 2 aromatic heterocycles. The molecule has 26 heavy (non-hydrogen) atoms. The number of likely N-dealkylation sites (N-methyl/N-ethyl adjacent to an activating group) is 1. The zero-order valence-corrected chi connectivity index (χ0v) is 15.8. The van der Waals surface area contributed by atoms with E-state index in [0.29, 0.717) is 6.61 Å². The monoisotopic (exact) mass is 358 g/mol. The number of hydrogen-bond acceptors (Lipinski definition) is 6. The van der Waals surface area contributed by atoms with Gasteiger partial charge in [0.2, 0.25) is 0 Å². The highest BCUT2D eigenvalue weighted by atomic mass is 16.5. The maximum atomic E-state index is 12.5. The second-order valence-electron chi connectivity index (χ2n) is 8.24. The molecular formula is C18H26N6O2. The van der Waals surface area contributed by atoms with Crippen molar-refractivity contribution >= 4 is 17.4 Å². The third kappa shape index (κ3) is 2.92. The lowest BCUT2D eigenvalue weighted by Crippen LogP contribution is -2.61. The van der Waals surface area contributed by atoms with Crippen LogP contribution in [0.2, 0.25) is 0 Å². The Kier molecular flexibility index (Phi) is 4.10. The molecule has 2 fully saturated rings. The van der Waals surface area contributed by atoms with Gasteiger partial charge >= 0.3 is 0 Å². The highest BCUT2D eigenvalue weighted by molar-refractivity contribution is 5.81. The van der Waals surface area contributed by atoms with Crippen molar-refractivity contribution in [2.75, 3.05) is 31.6 Å². The van der Waals surface area contributed by atoms with Gasteiger partial charge in [0.25, 0.3) is 5.91 Å². The molecule has 2 aromatic rings. The van der Waals surface area contributed by atoms with Crippen molar-refractivity contribution in [2.24, 2.45) is 0 Å². The first kappa shape index (κ1) is 17.2. The molecule has 8 nitrogen and oxygen atoms in total. The fourth-order valence-corrected chi connectivity index (χ4v) is 3.48. The molecule has 0 radical (unpaired) electrons. The summed E-state index contributed by atoms with van der Waals surface area (Å²) in [5.41, 5.74) is 0.623. The molecule has 1 atom stereocenters. The summed E-state index contributed by atoms with van der Waals surface area (Å²) in [6.07, 6.45) is 1.55. The van der Waals surface area contributed by atoms with Crippen molar-refractivity contribution in [2.45, 2.75) is 51.2 Å². The van der Waals surface area contributed by atoms with Crippen LogP contribution in [0.3, 0.4) is 0 Å². The zero-order valence-electron chi connectivity index (χ0n) is 15.8. The summed E-state index contributed by atoms with van der Waals surface area (Å²) in [5, 5.41) is 13.2. The van der Waals surface area contributed by atoms with Gasteiger partial charge in [0.05, 0.1) is 6.04 Å². The van der Waals surface area contributed by atoms with Gasteiger partial charge in [-0.15, -0.1) is 15.3 Å². The first-order valence-corrected chi connectivity index (χ1v) is 9.21. The Morgan fingerprint density at radius 1 is 1.27 bits per heavy atom. The minimum Gasteiger partial charge on any atom is -0.368 e. The number of hydrogen-bond donors (Lipinski definition) is 0. The molecule has 0 aromatic carbocycles. The lowest BCUT2D eigenvalue weighted by Gasteiger charge is -2.45. The lowest BCUT2D eigenvalue weighted by molar-refractivity contribution is -0.142. The van der Waals surface area contributed by atoms with Gasteiger partial charge in [-0.25, -0.2) is 0 Å². The van der Waals surface area contributed by atoms with E-state index in [1.807, 2.05) is 28.6 Å². The van der Waals surface area contributed by atoms with Crippen molar-refractivity contribution in [1.29, 1.82) is 0 Å². The van der Waals surface area contributed by atoms with Gasteiger partial charge in [-0.2, -0.15) is 4.52 Å². The van der Waals surface area contributed by atoms with Crippen LogP contribution in [0.1, 0.15) is 39.4 Å². The third-order valence-electron chi connectivity index (χ3n) is 5.21. The Bertz CT molecular complexity index is 815. The average Bonchev–Trinajstić information content (AvgIpc) is 3.21. The number of fused-ring (bicyclic) bond motifs is 1. The number of carbonyl (C=O) groups excluding carboxylic acids is 1. The molecule has 0 saturated carbocycles. The topological polar surface area (TPSA) is 75.9 Å². The summed E-state index contributed by atoms with van der Waals surface area (Å²) >= 11 is 0. The molecule has 1 amide bonds. The Labute approximate surface area is 153 Å². The molecule has 2 saturated heterocycles. The summed E-state index contributed by atoms with van der Waals surface area (Å²) in [6, 6.07) is 4.11. The molecule has 0 aliphatic carbocycles. The Balaban J connectivity index is 1.46. The second-order valence-corrected chi connectivity index (χ2v) is 8.24. The SMILES string of the molecule is CN(C(=O)C1CCCO1)C1CN(c2ccc3nnc(C(C)(C)C)n3n2)C1. The first-order valence-electron chi connectivity index (χ1n) is 9.21. The molecule has 4 heterocycles. The Morgan fingerprint density at radius 2 is 2.04 bits per heavy atom. The minimum absolute atomic E-state index is 0.101. The van der Waals surface area contributed by atoms with E-state index in [1.54, 1.807) is 0 Å². The summed E-state index contributed by atoms with van der Waals surface area (Å²) in [6.45, 7) is 8.55. The van der Waals surface area contributed by atoms with E-state index >= 15 is 0 Å². The molecule has 4 rings (SSSR count). The molecule has 1 unspecified atom stereocenters. The summed E-state index contributed by atoms with van der Waals surface area (Å²) in [7, 11) is 1.88. The van der Waals surface area contributed by atoms with E-state index in [9.17, 15) is 4.79 Å². The predicted octanol–water partition coefficient (Wildman–Crippen LogP) is 1.25. The third-order valence-corrected chi connectivity index (χ3v) is 5.21. The number of aromatic nitrogens is 4. The van der Waals surface area contributed by atoms with Crippen LogP contribution in [0.15, 0.2) is 12.1 Å². The van der Waals surface area contributed by atoms with Gasteiger partial charge in [-0.05, 0) is 25.0 Å². The van der Waals surface area contributed by atoms with Gasteiger partial charge < -0.3 is 14.5 Å². The van der Waals surface area contributed by atoms with E-state index in [1.165, 1.54) is 0 Å². The van der Waals surface area contributed by atoms with Crippen LogP contribution < -0.4 is 4.90 Å². The van der Waals surface area contributed by atoms with Crippen molar-refractivity contribution in [3.8, 4) is 0 Å². The highest BCUT2D eigenvalue weighted by Crippen LogP contribution is 2.25. The van der Waals surface area contributed by atoms with Gasteiger partial charge in [-0.3, -0.25) is 4.79 Å². The number of nitrogens with zero attached hydrogens (tertiary/aromatic N) is 6. The molecule has 0 N–H and O–H groups in total. The number of amides is 1. The van der Waals surface area contributed by atoms with E-state index in [0.717, 1.165) is 43.2 Å². The highest BCUT2D eigenvalue weighted by Gasteiger charge is 2.37. The van der Waals surface area contributed by atoms with E-state index in [4.69, 9.17) is 9.84 Å². The minimum atomic E-state index is -0.255. The van der Waals surface area contributed by atoms with E-state index < -0.39 is 0 Å². The standard InChI is InChI=1S/C18H26N6O2/c1-18(2,3)17-20-19-14-7-8-15(21-24(14)17)23-10-12(11-23)22(4)16(25)13-6-5-9-26-13/h7-8,12-13H,5-6,9-11H2,1-4H3. The van der Waals surface area contributed by atoms with E-state index in [-0.39, 0.29) is 23.5 Å². The smallest absolute Gasteiger partial charge is 0.251 e.